The van der Waals surface area contributed by atoms with Gasteiger partial charge in [0.2, 0.25) is 0 Å². The third kappa shape index (κ3) is 2.72. The molecule has 0 bridgehead atoms. The molecule has 100 valence electrons. The van der Waals surface area contributed by atoms with Gasteiger partial charge in [-0.25, -0.2) is 17.6 Å². The molecule has 7 heteroatoms. The molecule has 0 unspecified atom stereocenters. The summed E-state index contributed by atoms with van der Waals surface area (Å²) in [6.07, 6.45) is 0. The van der Waals surface area contributed by atoms with E-state index in [0.717, 1.165) is 0 Å². The highest BCUT2D eigenvalue weighted by Crippen LogP contribution is 2.25. The molecule has 0 aliphatic heterocycles. The van der Waals surface area contributed by atoms with E-state index < -0.39 is 40.3 Å². The van der Waals surface area contributed by atoms with Gasteiger partial charge in [-0.3, -0.25) is 4.79 Å². The Bertz CT molecular complexity index is 462. The van der Waals surface area contributed by atoms with Crippen molar-refractivity contribution in [2.75, 3.05) is 11.9 Å². The van der Waals surface area contributed by atoms with E-state index in [0.29, 0.717) is 0 Å². The summed E-state index contributed by atoms with van der Waals surface area (Å²) in [5, 5.41) is 10.9. The van der Waals surface area contributed by atoms with Gasteiger partial charge in [-0.2, -0.15) is 0 Å². The van der Waals surface area contributed by atoms with Gasteiger partial charge in [0.15, 0.2) is 23.3 Å². The van der Waals surface area contributed by atoms with Crippen molar-refractivity contribution >= 4 is 11.7 Å². The Morgan fingerprint density at radius 3 is 2.06 bits per heavy atom. The Morgan fingerprint density at radius 1 is 1.22 bits per heavy atom. The van der Waals surface area contributed by atoms with Gasteiger partial charge >= 0.3 is 5.97 Å². The number of hydrogen-bond donors (Lipinski definition) is 2. The maximum atomic E-state index is 13.2. The summed E-state index contributed by atoms with van der Waals surface area (Å²) in [5.74, 6) is -7.49. The van der Waals surface area contributed by atoms with Crippen molar-refractivity contribution in [2.45, 2.75) is 13.8 Å². The fraction of sp³-hybridized carbons (Fsp3) is 0.364. The quantitative estimate of drug-likeness (QED) is 0.650. The molecular formula is C11H11F4NO2. The van der Waals surface area contributed by atoms with Crippen LogP contribution in [0.1, 0.15) is 13.8 Å². The van der Waals surface area contributed by atoms with Crippen molar-refractivity contribution < 1.29 is 27.5 Å². The molecule has 0 aliphatic rings. The van der Waals surface area contributed by atoms with Crippen molar-refractivity contribution in [3.05, 3.63) is 29.3 Å². The maximum absolute atomic E-state index is 13.2. The lowest BCUT2D eigenvalue weighted by Crippen LogP contribution is -2.32. The van der Waals surface area contributed by atoms with E-state index in [1.807, 2.05) is 0 Å². The Hall–Kier alpha value is -1.79. The number of aliphatic carboxylic acids is 1. The molecule has 1 aromatic rings. The number of anilines is 1. The molecule has 1 aromatic carbocycles. The van der Waals surface area contributed by atoms with Crippen molar-refractivity contribution in [3.63, 3.8) is 0 Å². The lowest BCUT2D eigenvalue weighted by atomic mass is 9.94. The summed E-state index contributed by atoms with van der Waals surface area (Å²) < 4.78 is 52.2. The largest absolute Gasteiger partial charge is 0.481 e. The molecule has 2 N–H and O–H groups in total. The molecule has 0 atom stereocenters. The molecule has 18 heavy (non-hydrogen) atoms. The van der Waals surface area contributed by atoms with Crippen LogP contribution in [0.2, 0.25) is 0 Å². The number of halogens is 4. The summed E-state index contributed by atoms with van der Waals surface area (Å²) in [7, 11) is 0. The zero-order chi connectivity index (χ0) is 14.1. The van der Waals surface area contributed by atoms with Gasteiger partial charge in [-0.05, 0) is 13.8 Å². The third-order valence-electron chi connectivity index (χ3n) is 2.40. The third-order valence-corrected chi connectivity index (χ3v) is 2.40. The van der Waals surface area contributed by atoms with E-state index in [2.05, 4.69) is 5.32 Å². The van der Waals surface area contributed by atoms with Crippen LogP contribution >= 0.6 is 0 Å². The first-order valence-corrected chi connectivity index (χ1v) is 4.97. The Balaban J connectivity index is 3.02. The average molecular weight is 265 g/mol. The van der Waals surface area contributed by atoms with Gasteiger partial charge in [0.25, 0.3) is 0 Å². The van der Waals surface area contributed by atoms with Crippen LogP contribution in [0.25, 0.3) is 0 Å². The Kier molecular flexibility index (Phi) is 3.83. The zero-order valence-electron chi connectivity index (χ0n) is 9.65. The van der Waals surface area contributed by atoms with Crippen molar-refractivity contribution in [1.82, 2.24) is 0 Å². The van der Waals surface area contributed by atoms with Crippen LogP contribution < -0.4 is 5.32 Å². The summed E-state index contributed by atoms with van der Waals surface area (Å²) >= 11 is 0. The van der Waals surface area contributed by atoms with Gasteiger partial charge in [0.05, 0.1) is 5.41 Å². The number of carbonyl (C=O) groups is 1. The zero-order valence-corrected chi connectivity index (χ0v) is 9.65. The summed E-state index contributed by atoms with van der Waals surface area (Å²) in [6.45, 7) is 2.21. The number of rotatable bonds is 4. The number of hydrogen-bond acceptors (Lipinski definition) is 2. The minimum atomic E-state index is -1.59. The highest BCUT2D eigenvalue weighted by atomic mass is 19.2. The lowest BCUT2D eigenvalue weighted by Gasteiger charge is -2.20. The molecule has 0 aliphatic carbocycles. The molecule has 3 nitrogen and oxygen atoms in total. The molecule has 0 heterocycles. The van der Waals surface area contributed by atoms with Crippen LogP contribution in [-0.4, -0.2) is 17.6 Å². The minimum absolute atomic E-state index is 0.0815. The monoisotopic (exact) mass is 265 g/mol. The standard InChI is InChI=1S/C11H11F4NO2/c1-11(2,10(17)18)4-16-9-7(14)5(12)3-6(13)8(9)15/h3,16H,4H2,1-2H3,(H,17,18). The van der Waals surface area contributed by atoms with Gasteiger partial charge < -0.3 is 10.4 Å². The maximum Gasteiger partial charge on any atom is 0.310 e. The van der Waals surface area contributed by atoms with Crippen molar-refractivity contribution in [3.8, 4) is 0 Å². The van der Waals surface area contributed by atoms with Crippen LogP contribution in [0.15, 0.2) is 6.07 Å². The number of nitrogens with one attached hydrogen (secondary N) is 1. The SMILES string of the molecule is CC(C)(CNc1c(F)c(F)cc(F)c1F)C(=O)O. The average Bonchev–Trinajstić information content (AvgIpc) is 2.26. The fourth-order valence-electron chi connectivity index (χ4n) is 1.11. The molecule has 0 amide bonds. The number of benzene rings is 1. The highest BCUT2D eigenvalue weighted by Gasteiger charge is 2.28. The van der Waals surface area contributed by atoms with Gasteiger partial charge in [-0.15, -0.1) is 0 Å². The molecule has 0 fully saturated rings. The van der Waals surface area contributed by atoms with E-state index in [4.69, 9.17) is 5.11 Å². The number of carboxylic acids is 1. The van der Waals surface area contributed by atoms with Crippen molar-refractivity contribution in [2.24, 2.45) is 5.41 Å². The number of carboxylic acid groups (broad SMARTS) is 1. The predicted octanol–water partition coefficient (Wildman–Crippen LogP) is 2.77. The van der Waals surface area contributed by atoms with Crippen LogP contribution in [-0.2, 0) is 4.79 Å². The lowest BCUT2D eigenvalue weighted by molar-refractivity contribution is -0.146. The summed E-state index contributed by atoms with van der Waals surface area (Å²) in [6, 6.07) is 0.0815. The van der Waals surface area contributed by atoms with E-state index in [1.165, 1.54) is 13.8 Å². The smallest absolute Gasteiger partial charge is 0.310 e. The second kappa shape index (κ2) is 4.83. The second-order valence-electron chi connectivity index (χ2n) is 4.39. The minimum Gasteiger partial charge on any atom is -0.481 e. The summed E-state index contributed by atoms with van der Waals surface area (Å²) in [4.78, 5) is 10.8. The van der Waals surface area contributed by atoms with E-state index >= 15 is 0 Å². The predicted molar refractivity (Wildman–Crippen MR) is 56.2 cm³/mol. The Labute approximate surface area is 100 Å². The van der Waals surface area contributed by atoms with E-state index in [-0.39, 0.29) is 12.6 Å². The van der Waals surface area contributed by atoms with Gasteiger partial charge in [-0.1, -0.05) is 0 Å². The molecule has 1 rings (SSSR count). The molecular weight excluding hydrogens is 254 g/mol. The van der Waals surface area contributed by atoms with E-state index in [9.17, 15) is 22.4 Å². The molecule has 0 spiro atoms. The molecule has 0 saturated carbocycles. The van der Waals surface area contributed by atoms with Crippen LogP contribution in [0.4, 0.5) is 23.2 Å². The van der Waals surface area contributed by atoms with Gasteiger partial charge in [0, 0.05) is 12.6 Å². The first kappa shape index (κ1) is 14.3. The van der Waals surface area contributed by atoms with Crippen LogP contribution in [0, 0.1) is 28.7 Å². The van der Waals surface area contributed by atoms with Crippen LogP contribution in [0.3, 0.4) is 0 Å². The molecule has 0 saturated heterocycles. The Morgan fingerprint density at radius 2 is 1.67 bits per heavy atom. The normalized spacial score (nSPS) is 11.4. The highest BCUT2D eigenvalue weighted by molar-refractivity contribution is 5.74. The van der Waals surface area contributed by atoms with Gasteiger partial charge in [0.1, 0.15) is 5.69 Å². The molecule has 0 radical (unpaired) electrons. The fourth-order valence-corrected chi connectivity index (χ4v) is 1.11. The second-order valence-corrected chi connectivity index (χ2v) is 4.39. The summed E-state index contributed by atoms with van der Waals surface area (Å²) in [5.41, 5.74) is -2.36. The van der Waals surface area contributed by atoms with Crippen LogP contribution in [0.5, 0.6) is 0 Å². The van der Waals surface area contributed by atoms with E-state index in [1.54, 1.807) is 0 Å². The van der Waals surface area contributed by atoms with Crippen molar-refractivity contribution in [1.29, 1.82) is 0 Å². The molecule has 0 aromatic heterocycles. The topological polar surface area (TPSA) is 49.3 Å². The first-order chi connectivity index (χ1) is 8.16. The first-order valence-electron chi connectivity index (χ1n) is 4.97.